The molecule has 0 saturated carbocycles. The Labute approximate surface area is 237 Å². The molecule has 0 aliphatic carbocycles. The van der Waals surface area contributed by atoms with E-state index in [1.807, 2.05) is 20.9 Å². The molecule has 3 N–H and O–H groups in total. The minimum absolute atomic E-state index is 0.0432. The third kappa shape index (κ3) is 7.86. The smallest absolute Gasteiger partial charge is 0.335 e. The van der Waals surface area contributed by atoms with E-state index < -0.39 is 5.97 Å². The molecule has 1 aliphatic rings. The van der Waals surface area contributed by atoms with Crippen LogP contribution in [0.3, 0.4) is 0 Å². The van der Waals surface area contributed by atoms with E-state index >= 15 is 0 Å². The third-order valence-electron chi connectivity index (χ3n) is 7.04. The first-order valence-electron chi connectivity index (χ1n) is 13.3. The number of carboxylic acid groups (broad SMARTS) is 1. The van der Waals surface area contributed by atoms with E-state index in [-0.39, 0.29) is 55.0 Å². The minimum Gasteiger partial charge on any atom is -0.488 e. The number of carboxylic acids is 1. The van der Waals surface area contributed by atoms with Crippen LogP contribution >= 0.6 is 0 Å². The van der Waals surface area contributed by atoms with Gasteiger partial charge >= 0.3 is 5.97 Å². The second-order valence-electron chi connectivity index (χ2n) is 10.5. The molecule has 0 spiro atoms. The van der Waals surface area contributed by atoms with Crippen LogP contribution in [-0.2, 0) is 29.1 Å². The van der Waals surface area contributed by atoms with Crippen molar-refractivity contribution in [3.05, 3.63) is 65.5 Å². The Kier molecular flexibility index (Phi) is 9.63. The normalized spacial score (nSPS) is 18.1. The first-order valence-corrected chi connectivity index (χ1v) is 13.3. The molecular formula is C28H35N7O6. The number of hydrogen-bond donors (Lipinski definition) is 3. The summed E-state index contributed by atoms with van der Waals surface area (Å²) < 4.78 is 7.84. The number of benzene rings is 2. The number of aromatic carboxylic acids is 1. The fraction of sp³-hybridized carbons (Fsp3) is 0.429. The van der Waals surface area contributed by atoms with Crippen molar-refractivity contribution < 1.29 is 29.3 Å². The number of carbonyl (C=O) groups is 3. The average Bonchev–Trinajstić information content (AvgIpc) is 3.45. The molecule has 218 valence electrons. The molecule has 0 bridgehead atoms. The van der Waals surface area contributed by atoms with Crippen LogP contribution in [0.2, 0.25) is 0 Å². The molecule has 41 heavy (non-hydrogen) atoms. The second-order valence-corrected chi connectivity index (χ2v) is 10.5. The molecule has 2 heterocycles. The minimum atomic E-state index is -0.970. The number of rotatable bonds is 10. The first kappa shape index (κ1) is 29.6. The van der Waals surface area contributed by atoms with Gasteiger partial charge in [-0.15, -0.1) is 5.10 Å². The summed E-state index contributed by atoms with van der Waals surface area (Å²) >= 11 is 0. The lowest BCUT2D eigenvalue weighted by atomic mass is 10.0. The maximum absolute atomic E-state index is 13.4. The van der Waals surface area contributed by atoms with Crippen LogP contribution in [0.4, 0.5) is 5.69 Å². The van der Waals surface area contributed by atoms with Gasteiger partial charge in [0.25, 0.3) is 0 Å². The van der Waals surface area contributed by atoms with E-state index in [1.54, 1.807) is 47.4 Å². The zero-order valence-electron chi connectivity index (χ0n) is 23.3. The molecule has 13 nitrogen and oxygen atoms in total. The molecule has 3 aromatic rings. The van der Waals surface area contributed by atoms with Crippen molar-refractivity contribution in [1.29, 1.82) is 0 Å². The van der Waals surface area contributed by atoms with Gasteiger partial charge in [-0.3, -0.25) is 14.5 Å². The standard InChI is InChI=1S/C28H35N7O6/c1-18-12-35(19(2)16-36)27(38)11-22-10-23(30-26(37)15-34-17-29-31-32-34)8-9-24(22)41-25(18)14-33(3)13-20-4-6-21(7-5-20)28(39)40/h4-10,17-19,25,36H,11-16H2,1-3H3,(H,30,37)(H,39,40)/t18-,19+,25-/m0/s1. The van der Waals surface area contributed by atoms with Crippen LogP contribution in [0.1, 0.15) is 35.3 Å². The molecule has 1 aliphatic heterocycles. The molecular weight excluding hydrogens is 530 g/mol. The number of aromatic nitrogens is 4. The maximum atomic E-state index is 13.4. The number of nitrogens with one attached hydrogen (secondary N) is 1. The number of fused-ring (bicyclic) bond motifs is 1. The number of carbonyl (C=O) groups excluding carboxylic acids is 2. The fourth-order valence-corrected chi connectivity index (χ4v) is 4.76. The lowest BCUT2D eigenvalue weighted by Gasteiger charge is -2.34. The zero-order chi connectivity index (χ0) is 29.5. The second kappa shape index (κ2) is 13.3. The highest BCUT2D eigenvalue weighted by Gasteiger charge is 2.31. The first-order chi connectivity index (χ1) is 19.6. The van der Waals surface area contributed by atoms with Crippen LogP contribution < -0.4 is 10.1 Å². The predicted molar refractivity (Wildman–Crippen MR) is 148 cm³/mol. The lowest BCUT2D eigenvalue weighted by Crippen LogP contribution is -2.47. The Bertz CT molecular complexity index is 1350. The van der Waals surface area contributed by atoms with Crippen molar-refractivity contribution in [1.82, 2.24) is 30.0 Å². The van der Waals surface area contributed by atoms with Crippen LogP contribution in [-0.4, -0.2) is 96.9 Å². The molecule has 2 aromatic carbocycles. The summed E-state index contributed by atoms with van der Waals surface area (Å²) in [7, 11) is 1.96. The molecule has 0 saturated heterocycles. The SMILES string of the molecule is C[C@H](CO)N1C[C@H](C)[C@H](CN(C)Cc2ccc(C(=O)O)cc2)Oc2ccc(NC(=O)Cn3cnnn3)cc2CC1=O. The van der Waals surface area contributed by atoms with Crippen LogP contribution in [0, 0.1) is 5.92 Å². The highest BCUT2D eigenvalue weighted by Crippen LogP contribution is 2.29. The summed E-state index contributed by atoms with van der Waals surface area (Å²) in [6.45, 7) is 5.09. The number of likely N-dealkylation sites (N-methyl/N-ethyl adjacent to an activating group) is 1. The van der Waals surface area contributed by atoms with Gasteiger partial charge in [0.05, 0.1) is 24.6 Å². The third-order valence-corrected chi connectivity index (χ3v) is 7.04. The van der Waals surface area contributed by atoms with Crippen molar-refractivity contribution in [2.45, 2.75) is 45.5 Å². The summed E-state index contributed by atoms with van der Waals surface area (Å²) in [6, 6.07) is 11.6. The molecule has 1 aromatic heterocycles. The van der Waals surface area contributed by atoms with Gasteiger partial charge in [-0.25, -0.2) is 9.48 Å². The Morgan fingerprint density at radius 1 is 1.22 bits per heavy atom. The molecule has 4 rings (SSSR count). The number of tetrazole rings is 1. The average molecular weight is 566 g/mol. The summed E-state index contributed by atoms with van der Waals surface area (Å²) in [5.74, 6) is -0.971. The topological polar surface area (TPSA) is 163 Å². The van der Waals surface area contributed by atoms with Crippen LogP contribution in [0.5, 0.6) is 5.75 Å². The summed E-state index contributed by atoms with van der Waals surface area (Å²) in [4.78, 5) is 40.9. The van der Waals surface area contributed by atoms with Gasteiger partial charge in [-0.05, 0) is 60.3 Å². The Balaban J connectivity index is 1.55. The van der Waals surface area contributed by atoms with Crippen molar-refractivity contribution in [2.24, 2.45) is 5.92 Å². The maximum Gasteiger partial charge on any atom is 0.335 e. The lowest BCUT2D eigenvalue weighted by molar-refractivity contribution is -0.134. The summed E-state index contributed by atoms with van der Waals surface area (Å²) in [5.41, 5.74) is 2.32. The number of anilines is 1. The fourth-order valence-electron chi connectivity index (χ4n) is 4.76. The van der Waals surface area contributed by atoms with E-state index in [2.05, 4.69) is 25.7 Å². The summed E-state index contributed by atoms with van der Waals surface area (Å²) in [6.07, 6.45) is 1.08. The van der Waals surface area contributed by atoms with Crippen molar-refractivity contribution in [2.75, 3.05) is 32.1 Å². The van der Waals surface area contributed by atoms with Gasteiger partial charge in [0.15, 0.2) is 0 Å². The molecule has 0 radical (unpaired) electrons. The van der Waals surface area contributed by atoms with E-state index in [0.717, 1.165) is 5.56 Å². The van der Waals surface area contributed by atoms with E-state index in [1.165, 1.54) is 11.0 Å². The van der Waals surface area contributed by atoms with Gasteiger partial charge in [0, 0.05) is 36.8 Å². The number of amides is 2. The van der Waals surface area contributed by atoms with Gasteiger partial charge in [-0.1, -0.05) is 19.1 Å². The largest absolute Gasteiger partial charge is 0.488 e. The van der Waals surface area contributed by atoms with Gasteiger partial charge in [0.2, 0.25) is 11.8 Å². The molecule has 2 amide bonds. The number of aliphatic hydroxyl groups excluding tert-OH is 1. The van der Waals surface area contributed by atoms with E-state index in [4.69, 9.17) is 9.84 Å². The van der Waals surface area contributed by atoms with Crippen LogP contribution in [0.25, 0.3) is 0 Å². The number of nitrogens with zero attached hydrogens (tertiary/aromatic N) is 6. The van der Waals surface area contributed by atoms with Gasteiger partial charge in [-0.2, -0.15) is 0 Å². The predicted octanol–water partition coefficient (Wildman–Crippen LogP) is 1.29. The quantitative estimate of drug-likeness (QED) is 0.326. The highest BCUT2D eigenvalue weighted by atomic mass is 16.5. The molecule has 3 atom stereocenters. The Morgan fingerprint density at radius 3 is 2.63 bits per heavy atom. The summed E-state index contributed by atoms with van der Waals surface area (Å²) in [5, 5.41) is 32.6. The Morgan fingerprint density at radius 2 is 1.98 bits per heavy atom. The number of hydrogen-bond acceptors (Lipinski definition) is 9. The van der Waals surface area contributed by atoms with E-state index in [0.29, 0.717) is 36.6 Å². The van der Waals surface area contributed by atoms with Gasteiger partial charge < -0.3 is 25.2 Å². The molecule has 0 fully saturated rings. The van der Waals surface area contributed by atoms with Crippen molar-refractivity contribution in [3.8, 4) is 5.75 Å². The Hall–Kier alpha value is -4.36. The highest BCUT2D eigenvalue weighted by molar-refractivity contribution is 5.91. The number of aliphatic hydroxyl groups is 1. The van der Waals surface area contributed by atoms with Crippen molar-refractivity contribution in [3.63, 3.8) is 0 Å². The van der Waals surface area contributed by atoms with Crippen LogP contribution in [0.15, 0.2) is 48.8 Å². The monoisotopic (exact) mass is 565 g/mol. The number of ether oxygens (including phenoxy) is 1. The van der Waals surface area contributed by atoms with E-state index in [9.17, 15) is 19.5 Å². The molecule has 0 unspecified atom stereocenters. The molecule has 13 heteroatoms. The van der Waals surface area contributed by atoms with Gasteiger partial charge in [0.1, 0.15) is 24.7 Å². The zero-order valence-corrected chi connectivity index (χ0v) is 23.3. The van der Waals surface area contributed by atoms with Crippen molar-refractivity contribution >= 4 is 23.5 Å².